The molecule has 3 fully saturated rings. The standard InChI is InChI=1S/C17H21F3N4O3/c18-17(19,20)12-1-4-22-14(25)6-13(23-7-11-5-10(23)8-27-11)21-15(22)24(12)9-16(26)2-3-16/h6,10-12,26H,1-5,7-9H2/t10?,11?,12-/m0/s1. The molecule has 5 rings (SSSR count). The van der Waals surface area contributed by atoms with Gasteiger partial charge >= 0.3 is 6.18 Å². The molecule has 0 spiro atoms. The molecule has 4 aliphatic rings. The molecule has 2 bridgehead atoms. The highest BCUT2D eigenvalue weighted by Crippen LogP contribution is 2.41. The molecule has 148 valence electrons. The summed E-state index contributed by atoms with van der Waals surface area (Å²) in [7, 11) is 0. The van der Waals surface area contributed by atoms with E-state index in [1.54, 1.807) is 0 Å². The van der Waals surface area contributed by atoms with E-state index in [0.717, 1.165) is 11.3 Å². The highest BCUT2D eigenvalue weighted by Gasteiger charge is 2.52. The molecular formula is C17H21F3N4O3. The minimum absolute atomic E-state index is 0.00934. The lowest BCUT2D eigenvalue weighted by Crippen LogP contribution is -2.55. The monoisotopic (exact) mass is 386 g/mol. The molecule has 4 heterocycles. The molecule has 2 unspecified atom stereocenters. The lowest BCUT2D eigenvalue weighted by Gasteiger charge is -2.40. The quantitative estimate of drug-likeness (QED) is 0.832. The van der Waals surface area contributed by atoms with E-state index in [4.69, 9.17) is 4.74 Å². The predicted octanol–water partition coefficient (Wildman–Crippen LogP) is 0.887. The summed E-state index contributed by atoms with van der Waals surface area (Å²) in [6.45, 7) is 0.935. The van der Waals surface area contributed by atoms with E-state index in [9.17, 15) is 23.1 Å². The zero-order valence-corrected chi connectivity index (χ0v) is 14.7. The van der Waals surface area contributed by atoms with Crippen LogP contribution in [0.3, 0.4) is 0 Å². The van der Waals surface area contributed by atoms with Crippen LogP contribution in [0.15, 0.2) is 10.9 Å². The molecule has 3 aliphatic heterocycles. The van der Waals surface area contributed by atoms with Crippen molar-refractivity contribution in [2.75, 3.05) is 29.5 Å². The van der Waals surface area contributed by atoms with E-state index in [1.807, 2.05) is 4.90 Å². The molecule has 1 saturated carbocycles. The van der Waals surface area contributed by atoms with Crippen molar-refractivity contribution < 1.29 is 23.0 Å². The maximum absolute atomic E-state index is 13.6. The number of ether oxygens (including phenoxy) is 1. The van der Waals surface area contributed by atoms with Gasteiger partial charge in [0.15, 0.2) is 0 Å². The van der Waals surface area contributed by atoms with Crippen molar-refractivity contribution in [1.29, 1.82) is 0 Å². The first-order valence-corrected chi connectivity index (χ1v) is 9.29. The Labute approximate surface area is 153 Å². The summed E-state index contributed by atoms with van der Waals surface area (Å²) in [4.78, 5) is 20.2. The fourth-order valence-corrected chi connectivity index (χ4v) is 4.43. The molecule has 0 aromatic carbocycles. The number of hydrogen-bond donors (Lipinski definition) is 1. The fourth-order valence-electron chi connectivity index (χ4n) is 4.43. The van der Waals surface area contributed by atoms with Crippen molar-refractivity contribution in [3.8, 4) is 0 Å². The van der Waals surface area contributed by atoms with Gasteiger partial charge in [-0.15, -0.1) is 0 Å². The van der Waals surface area contributed by atoms with Gasteiger partial charge in [-0.3, -0.25) is 9.36 Å². The first-order valence-electron chi connectivity index (χ1n) is 9.29. The number of alkyl halides is 3. The van der Waals surface area contributed by atoms with Gasteiger partial charge in [0.2, 0.25) is 5.95 Å². The molecule has 3 atom stereocenters. The largest absolute Gasteiger partial charge is 0.408 e. The van der Waals surface area contributed by atoms with E-state index >= 15 is 0 Å². The first kappa shape index (κ1) is 17.3. The number of β-amino-alcohol motifs (C(OH)–C–C–N with tert-alkyl or cyclic N) is 1. The topological polar surface area (TPSA) is 70.8 Å². The SMILES string of the molecule is O=c1cc(N2CC3CC2CO3)nc2n1CC[C@@H](C(F)(F)F)N2CC1(O)CC1. The second kappa shape index (κ2) is 5.60. The van der Waals surface area contributed by atoms with Gasteiger partial charge in [-0.2, -0.15) is 18.2 Å². The second-order valence-corrected chi connectivity index (χ2v) is 8.10. The van der Waals surface area contributed by atoms with Gasteiger partial charge in [-0.1, -0.05) is 0 Å². The van der Waals surface area contributed by atoms with Crippen molar-refractivity contribution >= 4 is 11.8 Å². The Morgan fingerprint density at radius 3 is 2.74 bits per heavy atom. The molecular weight excluding hydrogens is 365 g/mol. The number of halogens is 3. The smallest absolute Gasteiger partial charge is 0.388 e. The Kier molecular flexibility index (Phi) is 3.59. The Balaban J connectivity index is 1.56. The number of morpholine rings is 1. The highest BCUT2D eigenvalue weighted by molar-refractivity contribution is 5.49. The summed E-state index contributed by atoms with van der Waals surface area (Å²) >= 11 is 0. The molecule has 2 saturated heterocycles. The number of fused-ring (bicyclic) bond motifs is 3. The summed E-state index contributed by atoms with van der Waals surface area (Å²) < 4.78 is 47.8. The van der Waals surface area contributed by atoms with Crippen molar-refractivity contribution in [2.24, 2.45) is 0 Å². The average Bonchev–Trinajstić information content (AvgIpc) is 3.02. The summed E-state index contributed by atoms with van der Waals surface area (Å²) in [6.07, 6.45) is -2.83. The molecule has 1 N–H and O–H groups in total. The normalized spacial score (nSPS) is 31.3. The number of rotatable bonds is 3. The maximum Gasteiger partial charge on any atom is 0.408 e. The van der Waals surface area contributed by atoms with E-state index in [-0.39, 0.29) is 43.2 Å². The van der Waals surface area contributed by atoms with Crippen LogP contribution >= 0.6 is 0 Å². The van der Waals surface area contributed by atoms with Crippen LogP contribution in [0.4, 0.5) is 24.9 Å². The van der Waals surface area contributed by atoms with Gasteiger partial charge in [0.05, 0.1) is 30.9 Å². The molecule has 7 nitrogen and oxygen atoms in total. The number of aliphatic hydroxyl groups is 1. The summed E-state index contributed by atoms with van der Waals surface area (Å²) in [5.41, 5.74) is -1.48. The van der Waals surface area contributed by atoms with Gasteiger partial charge in [0.1, 0.15) is 11.9 Å². The molecule has 27 heavy (non-hydrogen) atoms. The summed E-state index contributed by atoms with van der Waals surface area (Å²) in [6, 6.07) is -0.238. The number of anilines is 2. The van der Waals surface area contributed by atoms with Gasteiger partial charge in [-0.05, 0) is 25.7 Å². The lowest BCUT2D eigenvalue weighted by molar-refractivity contribution is -0.153. The average molecular weight is 386 g/mol. The molecule has 1 aromatic rings. The van der Waals surface area contributed by atoms with Gasteiger partial charge in [0.25, 0.3) is 5.56 Å². The van der Waals surface area contributed by atoms with Gasteiger partial charge in [-0.25, -0.2) is 0 Å². The molecule has 0 radical (unpaired) electrons. The molecule has 1 aliphatic carbocycles. The first-order chi connectivity index (χ1) is 12.7. The van der Waals surface area contributed by atoms with Crippen molar-refractivity contribution in [1.82, 2.24) is 9.55 Å². The van der Waals surface area contributed by atoms with Crippen LogP contribution in [-0.2, 0) is 11.3 Å². The van der Waals surface area contributed by atoms with Crippen LogP contribution in [0, 0.1) is 0 Å². The second-order valence-electron chi connectivity index (χ2n) is 8.10. The number of hydrogen-bond acceptors (Lipinski definition) is 6. The highest BCUT2D eigenvalue weighted by atomic mass is 19.4. The summed E-state index contributed by atoms with van der Waals surface area (Å²) in [5.74, 6) is 0.410. The van der Waals surface area contributed by atoms with Crippen LogP contribution in [0.5, 0.6) is 0 Å². The third-order valence-corrected chi connectivity index (χ3v) is 6.10. The summed E-state index contributed by atoms with van der Waals surface area (Å²) in [5, 5.41) is 10.3. The van der Waals surface area contributed by atoms with Crippen molar-refractivity contribution in [2.45, 2.75) is 62.2 Å². The molecule has 1 aromatic heterocycles. The maximum atomic E-state index is 13.6. The van der Waals surface area contributed by atoms with E-state index in [2.05, 4.69) is 4.98 Å². The van der Waals surface area contributed by atoms with Gasteiger partial charge in [0, 0.05) is 19.2 Å². The fraction of sp³-hybridized carbons (Fsp3) is 0.765. The zero-order chi connectivity index (χ0) is 19.0. The Morgan fingerprint density at radius 1 is 1.37 bits per heavy atom. The predicted molar refractivity (Wildman–Crippen MR) is 90.0 cm³/mol. The Bertz CT molecular complexity index is 823. The molecule has 10 heteroatoms. The van der Waals surface area contributed by atoms with E-state index in [0.29, 0.717) is 31.8 Å². The van der Waals surface area contributed by atoms with E-state index in [1.165, 1.54) is 10.6 Å². The lowest BCUT2D eigenvalue weighted by atomic mass is 10.1. The number of nitrogens with zero attached hydrogens (tertiary/aromatic N) is 4. The zero-order valence-electron chi connectivity index (χ0n) is 14.7. The van der Waals surface area contributed by atoms with E-state index < -0.39 is 17.8 Å². The molecule has 0 amide bonds. The minimum atomic E-state index is -4.45. The third kappa shape index (κ3) is 2.89. The third-order valence-electron chi connectivity index (χ3n) is 6.10. The van der Waals surface area contributed by atoms with Crippen LogP contribution in [0.2, 0.25) is 0 Å². The minimum Gasteiger partial charge on any atom is -0.388 e. The van der Waals surface area contributed by atoms with Crippen LogP contribution in [0.1, 0.15) is 25.7 Å². The Hall–Kier alpha value is -1.81. The van der Waals surface area contributed by atoms with Crippen molar-refractivity contribution in [3.05, 3.63) is 16.4 Å². The van der Waals surface area contributed by atoms with Gasteiger partial charge < -0.3 is 19.6 Å². The van der Waals surface area contributed by atoms with Crippen molar-refractivity contribution in [3.63, 3.8) is 0 Å². The van der Waals surface area contributed by atoms with Crippen LogP contribution in [-0.4, -0.2) is 64.3 Å². The number of aromatic nitrogens is 2. The van der Waals surface area contributed by atoms with Crippen LogP contribution < -0.4 is 15.4 Å². The van der Waals surface area contributed by atoms with Crippen LogP contribution in [0.25, 0.3) is 0 Å². The Morgan fingerprint density at radius 2 is 2.15 bits per heavy atom.